The molecule has 3 aromatic rings. The van der Waals surface area contributed by atoms with Gasteiger partial charge in [0.2, 0.25) is 5.88 Å². The number of hydrogen-bond donors (Lipinski definition) is 1. The van der Waals surface area contributed by atoms with E-state index in [1.807, 2.05) is 48.5 Å². The highest BCUT2D eigenvalue weighted by Gasteiger charge is 2.26. The van der Waals surface area contributed by atoms with E-state index >= 15 is 0 Å². The van der Waals surface area contributed by atoms with Crippen molar-refractivity contribution in [3.63, 3.8) is 0 Å². The second kappa shape index (κ2) is 7.43. The Labute approximate surface area is 161 Å². The number of para-hydroxylation sites is 2. The third kappa shape index (κ3) is 3.39. The second-order valence-corrected chi connectivity index (χ2v) is 6.05. The first-order valence-electron chi connectivity index (χ1n) is 8.67. The van der Waals surface area contributed by atoms with Gasteiger partial charge in [0.1, 0.15) is 5.75 Å². The number of fused-ring (bicyclic) bond motifs is 1. The normalized spacial score (nSPS) is 13.0. The summed E-state index contributed by atoms with van der Waals surface area (Å²) in [6, 6.07) is 16.8. The van der Waals surface area contributed by atoms with E-state index in [0.717, 1.165) is 11.4 Å². The Bertz CT molecular complexity index is 994. The summed E-state index contributed by atoms with van der Waals surface area (Å²) in [7, 11) is 1.53. The largest absolute Gasteiger partial charge is 0.481 e. The van der Waals surface area contributed by atoms with Crippen LogP contribution in [0.5, 0.6) is 17.6 Å². The van der Waals surface area contributed by atoms with E-state index in [2.05, 4.69) is 14.9 Å². The fraction of sp³-hybridized carbons (Fsp3) is 0.150. The van der Waals surface area contributed by atoms with Gasteiger partial charge in [-0.1, -0.05) is 12.1 Å². The van der Waals surface area contributed by atoms with Crippen LogP contribution in [0, 0.1) is 0 Å². The highest BCUT2D eigenvalue weighted by atomic mass is 16.5. The number of amides is 1. The highest BCUT2D eigenvalue weighted by molar-refractivity contribution is 5.94. The van der Waals surface area contributed by atoms with E-state index in [-0.39, 0.29) is 6.01 Å². The van der Waals surface area contributed by atoms with Crippen molar-refractivity contribution in [2.45, 2.75) is 0 Å². The number of rotatable bonds is 4. The average molecular weight is 378 g/mol. The first-order chi connectivity index (χ1) is 13.7. The predicted molar refractivity (Wildman–Crippen MR) is 104 cm³/mol. The molecule has 0 radical (unpaired) electrons. The van der Waals surface area contributed by atoms with Crippen molar-refractivity contribution in [3.05, 3.63) is 60.8 Å². The summed E-state index contributed by atoms with van der Waals surface area (Å²) >= 11 is 0. The van der Waals surface area contributed by atoms with Crippen LogP contribution in [0.15, 0.2) is 60.8 Å². The monoisotopic (exact) mass is 378 g/mol. The van der Waals surface area contributed by atoms with E-state index in [0.29, 0.717) is 30.4 Å². The van der Waals surface area contributed by atoms with Gasteiger partial charge >= 0.3 is 12.1 Å². The van der Waals surface area contributed by atoms with Crippen molar-refractivity contribution < 1.29 is 19.4 Å². The van der Waals surface area contributed by atoms with Crippen LogP contribution >= 0.6 is 0 Å². The van der Waals surface area contributed by atoms with Gasteiger partial charge in [0, 0.05) is 31.0 Å². The van der Waals surface area contributed by atoms with Crippen LogP contribution in [0.2, 0.25) is 0 Å². The summed E-state index contributed by atoms with van der Waals surface area (Å²) in [5.41, 5.74) is 2.46. The van der Waals surface area contributed by atoms with Crippen LogP contribution < -0.4 is 19.3 Å². The Hall–Kier alpha value is -3.81. The zero-order valence-electron chi connectivity index (χ0n) is 15.1. The van der Waals surface area contributed by atoms with Gasteiger partial charge in [-0.2, -0.15) is 4.98 Å². The van der Waals surface area contributed by atoms with Crippen molar-refractivity contribution in [3.8, 4) is 17.6 Å². The number of carboxylic acid groups (broad SMARTS) is 1. The Morgan fingerprint density at radius 3 is 2.50 bits per heavy atom. The molecule has 2 heterocycles. The van der Waals surface area contributed by atoms with Crippen LogP contribution in [0.4, 0.5) is 21.9 Å². The third-order valence-corrected chi connectivity index (χ3v) is 4.42. The van der Waals surface area contributed by atoms with Gasteiger partial charge in [-0.05, 0) is 36.4 Å². The average Bonchev–Trinajstić information content (AvgIpc) is 2.73. The summed E-state index contributed by atoms with van der Waals surface area (Å²) in [5, 5.41) is 9.43. The first kappa shape index (κ1) is 17.6. The summed E-state index contributed by atoms with van der Waals surface area (Å²) in [5.74, 6) is 1.02. The molecule has 8 nitrogen and oxygen atoms in total. The van der Waals surface area contributed by atoms with Gasteiger partial charge in [0.15, 0.2) is 0 Å². The Balaban J connectivity index is 1.57. The minimum absolute atomic E-state index is 0.201. The van der Waals surface area contributed by atoms with Crippen molar-refractivity contribution in [2.24, 2.45) is 0 Å². The van der Waals surface area contributed by atoms with Gasteiger partial charge in [-0.15, -0.1) is 0 Å². The molecule has 2 aromatic carbocycles. The van der Waals surface area contributed by atoms with E-state index in [1.54, 1.807) is 12.3 Å². The van der Waals surface area contributed by atoms with Crippen molar-refractivity contribution in [1.82, 2.24) is 9.97 Å². The maximum absolute atomic E-state index is 11.5. The predicted octanol–water partition coefficient (Wildman–Crippen LogP) is 3.91. The number of methoxy groups -OCH3 is 1. The molecule has 1 aliphatic rings. The number of nitrogens with zero attached hydrogens (tertiary/aromatic N) is 4. The molecule has 0 saturated heterocycles. The number of hydrogen-bond acceptors (Lipinski definition) is 6. The van der Waals surface area contributed by atoms with Crippen LogP contribution in [-0.4, -0.2) is 41.4 Å². The lowest BCUT2D eigenvalue weighted by atomic mass is 10.1. The molecule has 0 bridgehead atoms. The molecule has 0 atom stereocenters. The van der Waals surface area contributed by atoms with Crippen molar-refractivity contribution >= 4 is 23.2 Å². The van der Waals surface area contributed by atoms with Crippen LogP contribution in [0.1, 0.15) is 0 Å². The van der Waals surface area contributed by atoms with Gasteiger partial charge in [0.05, 0.1) is 18.5 Å². The van der Waals surface area contributed by atoms with E-state index in [4.69, 9.17) is 9.47 Å². The molecule has 0 fully saturated rings. The highest BCUT2D eigenvalue weighted by Crippen LogP contribution is 2.38. The number of carbonyl (C=O) groups is 1. The number of anilines is 3. The Kier molecular flexibility index (Phi) is 4.67. The molecule has 0 saturated carbocycles. The molecule has 28 heavy (non-hydrogen) atoms. The molecular formula is C20H18N4O4. The van der Waals surface area contributed by atoms with Gasteiger partial charge in [-0.25, -0.2) is 9.78 Å². The fourth-order valence-electron chi connectivity index (χ4n) is 3.12. The lowest BCUT2D eigenvalue weighted by Crippen LogP contribution is -2.41. The maximum Gasteiger partial charge on any atom is 0.411 e. The van der Waals surface area contributed by atoms with Crippen LogP contribution in [0.3, 0.4) is 0 Å². The molecule has 0 aliphatic carbocycles. The standard InChI is InChI=1S/C20H18N4O4/c1-27-18-10-11-21-19(22-18)28-15-8-6-14(7-9-15)23-12-13-24(20(25)26)17-5-3-2-4-16(17)23/h2-11H,12-13H2,1H3,(H,25,26). The Morgan fingerprint density at radius 2 is 1.79 bits per heavy atom. The van der Waals surface area contributed by atoms with E-state index in [9.17, 15) is 9.90 Å². The zero-order valence-corrected chi connectivity index (χ0v) is 15.1. The fourth-order valence-corrected chi connectivity index (χ4v) is 3.12. The first-order valence-corrected chi connectivity index (χ1v) is 8.67. The molecule has 1 aliphatic heterocycles. The number of benzene rings is 2. The molecule has 0 unspecified atom stereocenters. The summed E-state index contributed by atoms with van der Waals surface area (Å²) in [6.45, 7) is 0.949. The van der Waals surface area contributed by atoms with Gasteiger partial charge in [0.25, 0.3) is 0 Å². The van der Waals surface area contributed by atoms with Gasteiger partial charge < -0.3 is 19.5 Å². The minimum atomic E-state index is -0.950. The number of ether oxygens (including phenoxy) is 2. The van der Waals surface area contributed by atoms with E-state index in [1.165, 1.54) is 12.0 Å². The summed E-state index contributed by atoms with van der Waals surface area (Å²) < 4.78 is 10.7. The molecule has 8 heteroatoms. The number of aromatic nitrogens is 2. The molecule has 1 amide bonds. The minimum Gasteiger partial charge on any atom is -0.481 e. The zero-order chi connectivity index (χ0) is 19.5. The maximum atomic E-state index is 11.5. The van der Waals surface area contributed by atoms with Crippen molar-refractivity contribution in [2.75, 3.05) is 30.0 Å². The lowest BCUT2D eigenvalue weighted by Gasteiger charge is -2.36. The summed E-state index contributed by atoms with van der Waals surface area (Å²) in [6.07, 6.45) is 0.614. The van der Waals surface area contributed by atoms with Crippen LogP contribution in [-0.2, 0) is 0 Å². The Morgan fingerprint density at radius 1 is 1.04 bits per heavy atom. The SMILES string of the molecule is COc1ccnc(Oc2ccc(N3CCN(C(=O)O)c4ccccc43)cc2)n1. The molecule has 1 N–H and O–H groups in total. The summed E-state index contributed by atoms with van der Waals surface area (Å²) in [4.78, 5) is 23.1. The smallest absolute Gasteiger partial charge is 0.411 e. The topological polar surface area (TPSA) is 88.0 Å². The molecule has 142 valence electrons. The quantitative estimate of drug-likeness (QED) is 0.736. The molecular weight excluding hydrogens is 360 g/mol. The van der Waals surface area contributed by atoms with Crippen LogP contribution in [0.25, 0.3) is 0 Å². The lowest BCUT2D eigenvalue weighted by molar-refractivity contribution is 0.201. The third-order valence-electron chi connectivity index (χ3n) is 4.42. The van der Waals surface area contributed by atoms with Gasteiger partial charge in [-0.3, -0.25) is 4.90 Å². The van der Waals surface area contributed by atoms with Crippen molar-refractivity contribution in [1.29, 1.82) is 0 Å². The second-order valence-electron chi connectivity index (χ2n) is 6.05. The molecule has 4 rings (SSSR count). The molecule has 0 spiro atoms. The molecule has 1 aromatic heterocycles. The van der Waals surface area contributed by atoms with E-state index < -0.39 is 6.09 Å².